The SMILES string of the molecule is COc1ccccc1CNC(=O)CN1CCCN(C(=O)[C@@H]2CCCO2)CC1. The van der Waals surface area contributed by atoms with Gasteiger partial charge in [-0.2, -0.15) is 0 Å². The van der Waals surface area contributed by atoms with Crippen LogP contribution in [0.25, 0.3) is 0 Å². The first kappa shape index (κ1) is 19.6. The minimum Gasteiger partial charge on any atom is -0.496 e. The molecule has 1 aromatic rings. The van der Waals surface area contributed by atoms with E-state index in [1.54, 1.807) is 7.11 Å². The second-order valence-electron chi connectivity index (χ2n) is 7.05. The number of para-hydroxylation sites is 1. The van der Waals surface area contributed by atoms with Crippen LogP contribution in [0.5, 0.6) is 5.75 Å². The van der Waals surface area contributed by atoms with Crippen LogP contribution in [0.2, 0.25) is 0 Å². The van der Waals surface area contributed by atoms with Crippen LogP contribution in [0.3, 0.4) is 0 Å². The van der Waals surface area contributed by atoms with Gasteiger partial charge in [-0.25, -0.2) is 0 Å². The van der Waals surface area contributed by atoms with Crippen molar-refractivity contribution in [2.75, 3.05) is 46.4 Å². The Bertz CT molecular complexity index is 646. The van der Waals surface area contributed by atoms with Gasteiger partial charge in [-0.05, 0) is 25.3 Å². The van der Waals surface area contributed by atoms with Crippen molar-refractivity contribution in [1.82, 2.24) is 15.1 Å². The van der Waals surface area contributed by atoms with Gasteiger partial charge in [0.2, 0.25) is 5.91 Å². The van der Waals surface area contributed by atoms with Gasteiger partial charge in [0, 0.05) is 44.9 Å². The number of nitrogens with one attached hydrogen (secondary N) is 1. The summed E-state index contributed by atoms with van der Waals surface area (Å²) >= 11 is 0. The van der Waals surface area contributed by atoms with E-state index in [1.807, 2.05) is 29.2 Å². The highest BCUT2D eigenvalue weighted by atomic mass is 16.5. The van der Waals surface area contributed by atoms with E-state index >= 15 is 0 Å². The molecule has 148 valence electrons. The zero-order valence-corrected chi connectivity index (χ0v) is 16.0. The Labute approximate surface area is 160 Å². The van der Waals surface area contributed by atoms with Gasteiger partial charge in [0.25, 0.3) is 5.91 Å². The maximum absolute atomic E-state index is 12.5. The Morgan fingerprint density at radius 1 is 1.19 bits per heavy atom. The molecular formula is C20H29N3O4. The molecule has 1 N–H and O–H groups in total. The van der Waals surface area contributed by atoms with E-state index in [4.69, 9.17) is 9.47 Å². The molecule has 0 bridgehead atoms. The summed E-state index contributed by atoms with van der Waals surface area (Å²) in [6.07, 6.45) is 2.39. The zero-order chi connectivity index (χ0) is 19.1. The molecule has 0 saturated carbocycles. The van der Waals surface area contributed by atoms with E-state index < -0.39 is 0 Å². The predicted octanol–water partition coefficient (Wildman–Crippen LogP) is 1.02. The third-order valence-electron chi connectivity index (χ3n) is 5.14. The molecule has 2 aliphatic rings. The van der Waals surface area contributed by atoms with Crippen molar-refractivity contribution in [2.45, 2.75) is 31.9 Å². The highest BCUT2D eigenvalue weighted by molar-refractivity contribution is 5.81. The van der Waals surface area contributed by atoms with Crippen molar-refractivity contribution in [1.29, 1.82) is 0 Å². The molecule has 2 aliphatic heterocycles. The van der Waals surface area contributed by atoms with Crippen LogP contribution in [-0.2, 0) is 20.9 Å². The first-order chi connectivity index (χ1) is 13.2. The zero-order valence-electron chi connectivity index (χ0n) is 16.0. The smallest absolute Gasteiger partial charge is 0.251 e. The number of hydrogen-bond donors (Lipinski definition) is 1. The molecule has 2 heterocycles. The monoisotopic (exact) mass is 375 g/mol. The lowest BCUT2D eigenvalue weighted by Crippen LogP contribution is -2.42. The van der Waals surface area contributed by atoms with Gasteiger partial charge < -0.3 is 19.7 Å². The molecule has 1 aromatic carbocycles. The highest BCUT2D eigenvalue weighted by Gasteiger charge is 2.29. The number of ether oxygens (including phenoxy) is 2. The second kappa shape index (κ2) is 9.71. The molecule has 0 spiro atoms. The average Bonchev–Trinajstić information content (AvgIpc) is 3.13. The number of carbonyl (C=O) groups excluding carboxylic acids is 2. The molecule has 0 radical (unpaired) electrons. The van der Waals surface area contributed by atoms with E-state index in [2.05, 4.69) is 10.2 Å². The van der Waals surface area contributed by atoms with Crippen LogP contribution in [0.4, 0.5) is 0 Å². The molecule has 1 atom stereocenters. The summed E-state index contributed by atoms with van der Waals surface area (Å²) in [5, 5.41) is 2.96. The summed E-state index contributed by atoms with van der Waals surface area (Å²) in [5.41, 5.74) is 0.956. The largest absolute Gasteiger partial charge is 0.496 e. The molecule has 2 amide bonds. The predicted molar refractivity (Wildman–Crippen MR) is 101 cm³/mol. The summed E-state index contributed by atoms with van der Waals surface area (Å²) in [5.74, 6) is 0.866. The van der Waals surface area contributed by atoms with E-state index in [1.165, 1.54) is 0 Å². The van der Waals surface area contributed by atoms with Crippen LogP contribution in [0.15, 0.2) is 24.3 Å². The molecule has 0 aliphatic carbocycles. The summed E-state index contributed by atoms with van der Waals surface area (Å²) in [6, 6.07) is 7.67. The van der Waals surface area contributed by atoms with E-state index in [9.17, 15) is 9.59 Å². The number of nitrogens with zero attached hydrogens (tertiary/aromatic N) is 2. The molecular weight excluding hydrogens is 346 g/mol. The molecule has 0 aromatic heterocycles. The fourth-order valence-corrected chi connectivity index (χ4v) is 3.63. The number of rotatable bonds is 6. The lowest BCUT2D eigenvalue weighted by molar-refractivity contribution is -0.140. The van der Waals surface area contributed by atoms with Gasteiger partial charge in [-0.15, -0.1) is 0 Å². The van der Waals surface area contributed by atoms with Gasteiger partial charge in [0.15, 0.2) is 0 Å². The quantitative estimate of drug-likeness (QED) is 0.804. The Morgan fingerprint density at radius 3 is 2.81 bits per heavy atom. The number of hydrogen-bond acceptors (Lipinski definition) is 5. The van der Waals surface area contributed by atoms with Gasteiger partial charge in [-0.3, -0.25) is 14.5 Å². The molecule has 2 fully saturated rings. The molecule has 3 rings (SSSR count). The molecule has 7 heteroatoms. The highest BCUT2D eigenvalue weighted by Crippen LogP contribution is 2.17. The van der Waals surface area contributed by atoms with Crippen LogP contribution in [0, 0.1) is 0 Å². The van der Waals surface area contributed by atoms with Crippen molar-refractivity contribution >= 4 is 11.8 Å². The third kappa shape index (κ3) is 5.43. The molecule has 7 nitrogen and oxygen atoms in total. The van der Waals surface area contributed by atoms with Crippen molar-refractivity contribution in [3.8, 4) is 5.75 Å². The van der Waals surface area contributed by atoms with Crippen LogP contribution < -0.4 is 10.1 Å². The minimum absolute atomic E-state index is 0.0141. The molecule has 0 unspecified atom stereocenters. The van der Waals surface area contributed by atoms with E-state index in [0.717, 1.165) is 43.7 Å². The third-order valence-corrected chi connectivity index (χ3v) is 5.14. The van der Waals surface area contributed by atoms with Gasteiger partial charge >= 0.3 is 0 Å². The van der Waals surface area contributed by atoms with Gasteiger partial charge in [0.05, 0.1) is 13.7 Å². The minimum atomic E-state index is -0.263. The van der Waals surface area contributed by atoms with Crippen molar-refractivity contribution < 1.29 is 19.1 Å². The topological polar surface area (TPSA) is 71.1 Å². The number of amides is 2. The Hall–Kier alpha value is -2.12. The summed E-state index contributed by atoms with van der Waals surface area (Å²) in [4.78, 5) is 28.8. The van der Waals surface area contributed by atoms with Crippen molar-refractivity contribution in [3.05, 3.63) is 29.8 Å². The number of carbonyl (C=O) groups is 2. The lowest BCUT2D eigenvalue weighted by atomic mass is 10.2. The van der Waals surface area contributed by atoms with Gasteiger partial charge in [0.1, 0.15) is 11.9 Å². The Kier molecular flexibility index (Phi) is 7.06. The van der Waals surface area contributed by atoms with Crippen LogP contribution >= 0.6 is 0 Å². The van der Waals surface area contributed by atoms with Crippen LogP contribution in [0.1, 0.15) is 24.8 Å². The Balaban J connectivity index is 1.44. The molecule has 27 heavy (non-hydrogen) atoms. The average molecular weight is 375 g/mol. The first-order valence-electron chi connectivity index (χ1n) is 9.68. The van der Waals surface area contributed by atoms with Crippen LogP contribution in [-0.4, -0.2) is 74.2 Å². The molecule has 2 saturated heterocycles. The standard InChI is InChI=1S/C20H29N3O4/c1-26-17-7-3-2-6-16(17)14-21-19(24)15-22-9-5-10-23(12-11-22)20(25)18-8-4-13-27-18/h2-3,6-7,18H,4-5,8-15H2,1H3,(H,21,24)/t18-/m0/s1. The maximum atomic E-state index is 12.5. The normalized spacial score (nSPS) is 20.9. The van der Waals surface area contributed by atoms with E-state index in [0.29, 0.717) is 32.8 Å². The van der Waals surface area contributed by atoms with Crippen molar-refractivity contribution in [3.63, 3.8) is 0 Å². The fraction of sp³-hybridized carbons (Fsp3) is 0.600. The lowest BCUT2D eigenvalue weighted by Gasteiger charge is -2.24. The summed E-state index contributed by atoms with van der Waals surface area (Å²) in [7, 11) is 1.63. The fourth-order valence-electron chi connectivity index (χ4n) is 3.63. The second-order valence-corrected chi connectivity index (χ2v) is 7.05. The van der Waals surface area contributed by atoms with E-state index in [-0.39, 0.29) is 17.9 Å². The number of methoxy groups -OCH3 is 1. The maximum Gasteiger partial charge on any atom is 0.251 e. The van der Waals surface area contributed by atoms with Gasteiger partial charge in [-0.1, -0.05) is 18.2 Å². The number of benzene rings is 1. The first-order valence-corrected chi connectivity index (χ1v) is 9.68. The van der Waals surface area contributed by atoms with Crippen molar-refractivity contribution in [2.24, 2.45) is 0 Å². The summed E-state index contributed by atoms with van der Waals surface area (Å²) < 4.78 is 10.8. The summed E-state index contributed by atoms with van der Waals surface area (Å²) in [6.45, 7) is 4.38. The Morgan fingerprint density at radius 2 is 2.04 bits per heavy atom.